The number of ketones is 1. The summed E-state index contributed by atoms with van der Waals surface area (Å²) in [5.74, 6) is 0.892. The van der Waals surface area contributed by atoms with Gasteiger partial charge in [-0.3, -0.25) is 4.79 Å². The molecule has 19 heavy (non-hydrogen) atoms. The number of aromatic amines is 1. The summed E-state index contributed by atoms with van der Waals surface area (Å²) in [5.41, 5.74) is 4.96. The van der Waals surface area contributed by atoms with Crippen molar-refractivity contribution in [2.24, 2.45) is 0 Å². The minimum atomic E-state index is 0.113. The van der Waals surface area contributed by atoms with Crippen molar-refractivity contribution in [2.75, 3.05) is 7.11 Å². The van der Waals surface area contributed by atoms with Gasteiger partial charge >= 0.3 is 0 Å². The zero-order chi connectivity index (χ0) is 14.0. The Hall–Kier alpha value is -2.03. The predicted octanol–water partition coefficient (Wildman–Crippen LogP) is 3.37. The second-order valence-electron chi connectivity index (χ2n) is 4.83. The average molecular weight is 257 g/mol. The van der Waals surface area contributed by atoms with E-state index in [1.807, 2.05) is 45.0 Å². The molecule has 0 fully saturated rings. The number of H-pyrrole nitrogens is 1. The fraction of sp³-hybridized carbons (Fsp3) is 0.312. The molecule has 0 unspecified atom stereocenters. The van der Waals surface area contributed by atoms with Gasteiger partial charge in [-0.05, 0) is 49.6 Å². The van der Waals surface area contributed by atoms with Gasteiger partial charge in [0.25, 0.3) is 0 Å². The first-order valence-corrected chi connectivity index (χ1v) is 6.34. The van der Waals surface area contributed by atoms with Gasteiger partial charge in [-0.1, -0.05) is 12.1 Å². The highest BCUT2D eigenvalue weighted by molar-refractivity contribution is 5.97. The first-order chi connectivity index (χ1) is 9.02. The summed E-state index contributed by atoms with van der Waals surface area (Å²) >= 11 is 0. The number of benzene rings is 1. The molecule has 2 rings (SSSR count). The number of Topliss-reactive ketones (excluding diaryl/α,β-unsaturated/α-hetero) is 1. The fourth-order valence-electron chi connectivity index (χ4n) is 2.18. The molecule has 0 saturated heterocycles. The van der Waals surface area contributed by atoms with Gasteiger partial charge < -0.3 is 9.72 Å². The molecule has 0 amide bonds. The maximum atomic E-state index is 12.3. The van der Waals surface area contributed by atoms with Crippen LogP contribution in [-0.4, -0.2) is 17.9 Å². The number of aromatic nitrogens is 1. The molecular weight excluding hydrogens is 238 g/mol. The molecule has 2 aromatic rings. The van der Waals surface area contributed by atoms with Gasteiger partial charge in [0.2, 0.25) is 0 Å². The summed E-state index contributed by atoms with van der Waals surface area (Å²) in [4.78, 5) is 15.5. The van der Waals surface area contributed by atoms with E-state index < -0.39 is 0 Å². The molecule has 0 aliphatic carbocycles. The molecule has 0 aliphatic rings. The van der Waals surface area contributed by atoms with Gasteiger partial charge in [0.05, 0.1) is 12.8 Å². The molecule has 0 aliphatic heterocycles. The number of ether oxygens (including phenoxy) is 1. The lowest BCUT2D eigenvalue weighted by Gasteiger charge is -2.04. The normalized spacial score (nSPS) is 10.5. The summed E-state index contributed by atoms with van der Waals surface area (Å²) in [6, 6.07) is 7.62. The van der Waals surface area contributed by atoms with E-state index in [0.717, 1.165) is 33.8 Å². The number of hydrogen-bond acceptors (Lipinski definition) is 2. The standard InChI is InChI=1S/C16H19NO2/c1-10-11(2)16(17-12(10)3)15(18)9-13-6-5-7-14(8-13)19-4/h5-8,17H,9H2,1-4H3. The van der Waals surface area contributed by atoms with E-state index in [1.54, 1.807) is 7.11 Å². The number of aryl methyl sites for hydroxylation is 1. The van der Waals surface area contributed by atoms with Gasteiger partial charge in [0, 0.05) is 12.1 Å². The Morgan fingerprint density at radius 2 is 1.95 bits per heavy atom. The van der Waals surface area contributed by atoms with Crippen molar-refractivity contribution in [3.05, 3.63) is 52.3 Å². The molecule has 0 atom stereocenters. The SMILES string of the molecule is COc1cccc(CC(=O)c2[nH]c(C)c(C)c2C)c1. The van der Waals surface area contributed by atoms with Crippen molar-refractivity contribution >= 4 is 5.78 Å². The van der Waals surface area contributed by atoms with E-state index in [9.17, 15) is 4.79 Å². The lowest BCUT2D eigenvalue weighted by atomic mass is 10.0. The van der Waals surface area contributed by atoms with Crippen LogP contribution in [0.3, 0.4) is 0 Å². The number of rotatable bonds is 4. The first kappa shape index (κ1) is 13.4. The van der Waals surface area contributed by atoms with Crippen molar-refractivity contribution in [3.8, 4) is 5.75 Å². The van der Waals surface area contributed by atoms with Gasteiger partial charge in [-0.25, -0.2) is 0 Å². The molecule has 0 spiro atoms. The molecule has 0 saturated carbocycles. The van der Waals surface area contributed by atoms with Crippen LogP contribution in [0, 0.1) is 20.8 Å². The second-order valence-corrected chi connectivity index (χ2v) is 4.83. The number of nitrogens with one attached hydrogen (secondary N) is 1. The molecule has 100 valence electrons. The summed E-state index contributed by atoms with van der Waals surface area (Å²) in [6.07, 6.45) is 0.386. The van der Waals surface area contributed by atoms with Crippen LogP contribution in [0.2, 0.25) is 0 Å². The Morgan fingerprint density at radius 1 is 1.21 bits per heavy atom. The lowest BCUT2D eigenvalue weighted by Crippen LogP contribution is -2.06. The molecule has 1 N–H and O–H groups in total. The topological polar surface area (TPSA) is 42.1 Å². The van der Waals surface area contributed by atoms with Crippen LogP contribution in [-0.2, 0) is 6.42 Å². The summed E-state index contributed by atoms with van der Waals surface area (Å²) < 4.78 is 5.17. The number of carbonyl (C=O) groups is 1. The highest BCUT2D eigenvalue weighted by Crippen LogP contribution is 2.19. The Balaban J connectivity index is 2.23. The summed E-state index contributed by atoms with van der Waals surface area (Å²) in [7, 11) is 1.63. The zero-order valence-electron chi connectivity index (χ0n) is 11.8. The minimum absolute atomic E-state index is 0.113. The quantitative estimate of drug-likeness (QED) is 0.853. The van der Waals surface area contributed by atoms with E-state index in [0.29, 0.717) is 6.42 Å². The maximum absolute atomic E-state index is 12.3. The van der Waals surface area contributed by atoms with Crippen LogP contribution in [0.25, 0.3) is 0 Å². The van der Waals surface area contributed by atoms with Crippen molar-refractivity contribution in [3.63, 3.8) is 0 Å². The third kappa shape index (κ3) is 2.70. The third-order valence-corrected chi connectivity index (χ3v) is 3.59. The highest BCUT2D eigenvalue weighted by atomic mass is 16.5. The molecule has 3 heteroatoms. The Bertz CT molecular complexity index is 611. The van der Waals surface area contributed by atoms with Gasteiger partial charge in [0.1, 0.15) is 5.75 Å². The average Bonchev–Trinajstić information content (AvgIpc) is 2.67. The van der Waals surface area contributed by atoms with Gasteiger partial charge in [0.15, 0.2) is 5.78 Å². The van der Waals surface area contributed by atoms with E-state index in [4.69, 9.17) is 4.74 Å². The molecule has 1 aromatic heterocycles. The Kier molecular flexibility index (Phi) is 3.74. The maximum Gasteiger partial charge on any atom is 0.183 e. The van der Waals surface area contributed by atoms with Gasteiger partial charge in [-0.2, -0.15) is 0 Å². The molecule has 1 heterocycles. The predicted molar refractivity (Wildman–Crippen MR) is 76.0 cm³/mol. The number of methoxy groups -OCH3 is 1. The van der Waals surface area contributed by atoms with E-state index >= 15 is 0 Å². The second kappa shape index (κ2) is 5.31. The van der Waals surface area contributed by atoms with Crippen LogP contribution in [0.15, 0.2) is 24.3 Å². The number of hydrogen-bond donors (Lipinski definition) is 1. The molecule has 3 nitrogen and oxygen atoms in total. The largest absolute Gasteiger partial charge is 0.497 e. The van der Waals surface area contributed by atoms with Crippen molar-refractivity contribution in [2.45, 2.75) is 27.2 Å². The van der Waals surface area contributed by atoms with Gasteiger partial charge in [-0.15, -0.1) is 0 Å². The molecule has 1 aromatic carbocycles. The monoisotopic (exact) mass is 257 g/mol. The lowest BCUT2D eigenvalue weighted by molar-refractivity contribution is 0.0988. The number of carbonyl (C=O) groups excluding carboxylic acids is 1. The first-order valence-electron chi connectivity index (χ1n) is 6.34. The minimum Gasteiger partial charge on any atom is -0.497 e. The van der Waals surface area contributed by atoms with Crippen LogP contribution in [0.1, 0.15) is 32.9 Å². The Morgan fingerprint density at radius 3 is 2.53 bits per heavy atom. The summed E-state index contributed by atoms with van der Waals surface area (Å²) in [6.45, 7) is 6.01. The van der Waals surface area contributed by atoms with Crippen LogP contribution in [0.4, 0.5) is 0 Å². The molecular formula is C16H19NO2. The van der Waals surface area contributed by atoms with Crippen LogP contribution in [0.5, 0.6) is 5.75 Å². The summed E-state index contributed by atoms with van der Waals surface area (Å²) in [5, 5.41) is 0. The smallest absolute Gasteiger partial charge is 0.183 e. The molecule has 0 bridgehead atoms. The van der Waals surface area contributed by atoms with E-state index in [2.05, 4.69) is 4.98 Å². The fourth-order valence-corrected chi connectivity index (χ4v) is 2.18. The molecule has 0 radical (unpaired) electrons. The van der Waals surface area contributed by atoms with Crippen LogP contribution < -0.4 is 4.74 Å². The van der Waals surface area contributed by atoms with Crippen molar-refractivity contribution in [1.29, 1.82) is 0 Å². The van der Waals surface area contributed by atoms with Crippen molar-refractivity contribution < 1.29 is 9.53 Å². The zero-order valence-corrected chi connectivity index (χ0v) is 11.8. The van der Waals surface area contributed by atoms with E-state index in [1.165, 1.54) is 0 Å². The van der Waals surface area contributed by atoms with Crippen LogP contribution >= 0.6 is 0 Å². The van der Waals surface area contributed by atoms with E-state index in [-0.39, 0.29) is 5.78 Å². The van der Waals surface area contributed by atoms with Crippen molar-refractivity contribution in [1.82, 2.24) is 4.98 Å². The Labute approximate surface area is 113 Å². The third-order valence-electron chi connectivity index (χ3n) is 3.59. The highest BCUT2D eigenvalue weighted by Gasteiger charge is 2.15.